The minimum atomic E-state index is -0.240. The second-order valence-electron chi connectivity index (χ2n) is 7.81. The van der Waals surface area contributed by atoms with E-state index in [0.717, 1.165) is 25.7 Å². The van der Waals surface area contributed by atoms with Crippen molar-refractivity contribution in [1.29, 1.82) is 0 Å². The Morgan fingerprint density at radius 2 is 1.40 bits per heavy atom. The largest absolute Gasteiger partial charge is 0.335 e. The molecule has 0 saturated heterocycles. The normalized spacial score (nSPS) is 16.1. The number of carbonyl (C=O) groups is 1. The maximum atomic E-state index is 12.5. The van der Waals surface area contributed by atoms with E-state index in [1.54, 1.807) is 18.2 Å². The molecule has 2 N–H and O–H groups in total. The molecule has 3 aromatic rings. The van der Waals surface area contributed by atoms with Crippen LogP contribution in [0.4, 0.5) is 10.5 Å². The molecule has 5 heteroatoms. The Morgan fingerprint density at radius 1 is 0.833 bits per heavy atom. The Labute approximate surface area is 187 Å². The quantitative estimate of drug-likeness (QED) is 0.450. The van der Waals surface area contributed by atoms with Gasteiger partial charge in [-0.25, -0.2) is 4.79 Å². The highest BCUT2D eigenvalue weighted by Crippen LogP contribution is 2.44. The summed E-state index contributed by atoms with van der Waals surface area (Å²) in [5.41, 5.74) is 3.22. The van der Waals surface area contributed by atoms with Crippen LogP contribution in [0.25, 0.3) is 0 Å². The highest BCUT2D eigenvalue weighted by molar-refractivity contribution is 6.36. The zero-order valence-electron chi connectivity index (χ0n) is 16.6. The molecule has 0 radical (unpaired) electrons. The Balaban J connectivity index is 1.45. The van der Waals surface area contributed by atoms with Crippen molar-refractivity contribution in [2.24, 2.45) is 0 Å². The molecule has 0 aliphatic heterocycles. The van der Waals surface area contributed by atoms with Gasteiger partial charge in [-0.1, -0.05) is 83.9 Å². The first-order valence-electron chi connectivity index (χ1n) is 10.2. The van der Waals surface area contributed by atoms with Crippen molar-refractivity contribution in [3.05, 3.63) is 100 Å². The molecule has 0 aromatic heterocycles. The zero-order chi connectivity index (χ0) is 21.0. The number of nitrogens with one attached hydrogen (secondary N) is 2. The Hall–Kier alpha value is -2.49. The SMILES string of the molecule is O=C(Nc1ccc(Cl)cc1Cl)NC1CCC(c2ccccc2)(c2ccccc2)CC1. The first kappa shape index (κ1) is 20.8. The second-order valence-corrected chi connectivity index (χ2v) is 8.65. The number of amides is 2. The molecule has 0 spiro atoms. The number of carbonyl (C=O) groups excluding carboxylic acids is 1. The summed E-state index contributed by atoms with van der Waals surface area (Å²) in [6, 6.07) is 26.3. The Kier molecular flexibility index (Phi) is 6.31. The number of hydrogen-bond acceptors (Lipinski definition) is 1. The summed E-state index contributed by atoms with van der Waals surface area (Å²) in [4.78, 5) is 12.5. The second kappa shape index (κ2) is 9.11. The number of benzene rings is 3. The molecule has 0 heterocycles. The van der Waals surface area contributed by atoms with E-state index < -0.39 is 0 Å². The zero-order valence-corrected chi connectivity index (χ0v) is 18.1. The average molecular weight is 439 g/mol. The summed E-state index contributed by atoms with van der Waals surface area (Å²) in [5.74, 6) is 0. The summed E-state index contributed by atoms with van der Waals surface area (Å²) >= 11 is 12.1. The van der Waals surface area contributed by atoms with Gasteiger partial charge in [0.1, 0.15) is 0 Å². The van der Waals surface area contributed by atoms with Crippen LogP contribution in [0.15, 0.2) is 78.9 Å². The monoisotopic (exact) mass is 438 g/mol. The van der Waals surface area contributed by atoms with Gasteiger partial charge in [0.15, 0.2) is 0 Å². The molecule has 1 saturated carbocycles. The summed E-state index contributed by atoms with van der Waals surface area (Å²) in [6.07, 6.45) is 3.78. The minimum Gasteiger partial charge on any atom is -0.335 e. The first-order valence-corrected chi connectivity index (χ1v) is 11.0. The lowest BCUT2D eigenvalue weighted by atomic mass is 9.64. The maximum Gasteiger partial charge on any atom is 0.319 e. The van der Waals surface area contributed by atoms with E-state index in [1.165, 1.54) is 11.1 Å². The van der Waals surface area contributed by atoms with Crippen molar-refractivity contribution in [2.45, 2.75) is 37.1 Å². The predicted molar refractivity (Wildman–Crippen MR) is 125 cm³/mol. The Morgan fingerprint density at radius 3 is 1.93 bits per heavy atom. The molecule has 0 bridgehead atoms. The minimum absolute atomic E-state index is 0.0172. The van der Waals surface area contributed by atoms with Gasteiger partial charge in [-0.3, -0.25) is 0 Å². The van der Waals surface area contributed by atoms with Crippen molar-refractivity contribution in [2.75, 3.05) is 5.32 Å². The molecule has 4 rings (SSSR count). The van der Waals surface area contributed by atoms with E-state index in [-0.39, 0.29) is 17.5 Å². The third kappa shape index (κ3) is 4.48. The van der Waals surface area contributed by atoms with Gasteiger partial charge < -0.3 is 10.6 Å². The molecule has 154 valence electrons. The van der Waals surface area contributed by atoms with Crippen LogP contribution >= 0.6 is 23.2 Å². The van der Waals surface area contributed by atoms with Gasteiger partial charge >= 0.3 is 6.03 Å². The fourth-order valence-electron chi connectivity index (χ4n) is 4.45. The summed E-state index contributed by atoms with van der Waals surface area (Å²) in [7, 11) is 0. The van der Waals surface area contributed by atoms with Gasteiger partial charge in [-0.15, -0.1) is 0 Å². The van der Waals surface area contributed by atoms with Crippen LogP contribution in [0.1, 0.15) is 36.8 Å². The van der Waals surface area contributed by atoms with Crippen LogP contribution in [-0.2, 0) is 5.41 Å². The van der Waals surface area contributed by atoms with Crippen molar-refractivity contribution in [3.63, 3.8) is 0 Å². The topological polar surface area (TPSA) is 41.1 Å². The van der Waals surface area contributed by atoms with Gasteiger partial charge in [0.2, 0.25) is 0 Å². The van der Waals surface area contributed by atoms with Crippen LogP contribution in [-0.4, -0.2) is 12.1 Å². The summed E-state index contributed by atoms with van der Waals surface area (Å²) < 4.78 is 0. The number of hydrogen-bond donors (Lipinski definition) is 2. The van der Waals surface area contributed by atoms with Gasteiger partial charge in [0.05, 0.1) is 10.7 Å². The predicted octanol–water partition coefficient (Wildman–Crippen LogP) is 7.04. The van der Waals surface area contributed by atoms with E-state index in [2.05, 4.69) is 71.3 Å². The van der Waals surface area contributed by atoms with Gasteiger partial charge in [-0.05, 0) is 55.0 Å². The molecule has 3 nitrogen and oxygen atoms in total. The first-order chi connectivity index (χ1) is 14.6. The molecule has 0 unspecified atom stereocenters. The maximum absolute atomic E-state index is 12.5. The molecule has 1 aliphatic rings. The average Bonchev–Trinajstić information content (AvgIpc) is 2.78. The summed E-state index contributed by atoms with van der Waals surface area (Å²) in [5, 5.41) is 6.90. The van der Waals surface area contributed by atoms with Gasteiger partial charge in [-0.2, -0.15) is 0 Å². The van der Waals surface area contributed by atoms with Crippen LogP contribution in [0.3, 0.4) is 0 Å². The third-order valence-electron chi connectivity index (χ3n) is 6.01. The van der Waals surface area contributed by atoms with Gasteiger partial charge in [0, 0.05) is 16.5 Å². The summed E-state index contributed by atoms with van der Waals surface area (Å²) in [6.45, 7) is 0. The van der Waals surface area contributed by atoms with Crippen LogP contribution < -0.4 is 10.6 Å². The highest BCUT2D eigenvalue weighted by Gasteiger charge is 2.38. The van der Waals surface area contributed by atoms with Crippen LogP contribution in [0.2, 0.25) is 10.0 Å². The van der Waals surface area contributed by atoms with Crippen molar-refractivity contribution in [1.82, 2.24) is 5.32 Å². The molecule has 30 heavy (non-hydrogen) atoms. The van der Waals surface area contributed by atoms with Crippen LogP contribution in [0, 0.1) is 0 Å². The molecule has 2 amide bonds. The van der Waals surface area contributed by atoms with E-state index >= 15 is 0 Å². The van der Waals surface area contributed by atoms with E-state index in [0.29, 0.717) is 15.7 Å². The molecule has 0 atom stereocenters. The van der Waals surface area contributed by atoms with E-state index in [9.17, 15) is 4.79 Å². The highest BCUT2D eigenvalue weighted by atomic mass is 35.5. The van der Waals surface area contributed by atoms with Crippen LogP contribution in [0.5, 0.6) is 0 Å². The van der Waals surface area contributed by atoms with Crippen molar-refractivity contribution < 1.29 is 4.79 Å². The lowest BCUT2D eigenvalue weighted by molar-refractivity contribution is 0.236. The number of anilines is 1. The smallest absolute Gasteiger partial charge is 0.319 e. The van der Waals surface area contributed by atoms with Crippen molar-refractivity contribution in [3.8, 4) is 0 Å². The molecule has 1 fully saturated rings. The fraction of sp³-hybridized carbons (Fsp3) is 0.240. The molecule has 1 aliphatic carbocycles. The molecular weight excluding hydrogens is 415 g/mol. The fourth-order valence-corrected chi connectivity index (χ4v) is 4.90. The lowest BCUT2D eigenvalue weighted by Gasteiger charge is -2.41. The standard InChI is InChI=1S/C25H24Cl2N2O/c26-20-11-12-23(22(27)17-20)29-24(30)28-21-13-15-25(16-14-21,18-7-3-1-4-8-18)19-9-5-2-6-10-19/h1-12,17,21H,13-16H2,(H2,28,29,30). The molecule has 3 aromatic carbocycles. The number of urea groups is 1. The van der Waals surface area contributed by atoms with E-state index in [4.69, 9.17) is 23.2 Å². The van der Waals surface area contributed by atoms with Crippen molar-refractivity contribution >= 4 is 34.9 Å². The third-order valence-corrected chi connectivity index (χ3v) is 6.55. The Bertz CT molecular complexity index is 959. The lowest BCUT2D eigenvalue weighted by Crippen LogP contribution is -2.44. The molecular formula is C25H24Cl2N2O. The van der Waals surface area contributed by atoms with Gasteiger partial charge in [0.25, 0.3) is 0 Å². The number of rotatable bonds is 4. The number of halogens is 2. The van der Waals surface area contributed by atoms with E-state index in [1.807, 2.05) is 0 Å².